The minimum absolute atomic E-state index is 0.143. The number of hydrogen-bond acceptors (Lipinski definition) is 4. The number of nitrogens with zero attached hydrogens (tertiary/aromatic N) is 2. The largest absolute Gasteiger partial charge is 0.480 e. The van der Waals surface area contributed by atoms with Gasteiger partial charge in [-0.15, -0.1) is 6.42 Å². The predicted molar refractivity (Wildman–Crippen MR) is 79.1 cm³/mol. The molecule has 108 valence electrons. The number of carboxylic acids is 1. The lowest BCUT2D eigenvalue weighted by atomic mass is 10.2. The molecular weight excluding hydrogens is 294 g/mol. The Hall–Kier alpha value is -2.36. The molecule has 21 heavy (non-hydrogen) atoms. The van der Waals surface area contributed by atoms with Gasteiger partial charge in [0.15, 0.2) is 0 Å². The van der Waals surface area contributed by atoms with Crippen LogP contribution in [0.5, 0.6) is 0 Å². The molecule has 7 heteroatoms. The highest BCUT2D eigenvalue weighted by Crippen LogP contribution is 2.14. The molecule has 2 aromatic rings. The first-order valence-corrected chi connectivity index (χ1v) is 6.43. The minimum atomic E-state index is -1.000. The monoisotopic (exact) mass is 305 g/mol. The van der Waals surface area contributed by atoms with Gasteiger partial charge in [-0.2, -0.15) is 0 Å². The Morgan fingerprint density at radius 3 is 2.95 bits per heavy atom. The lowest BCUT2D eigenvalue weighted by Crippen LogP contribution is -2.31. The number of aromatic nitrogens is 2. The maximum absolute atomic E-state index is 12.0. The van der Waals surface area contributed by atoms with E-state index in [0.29, 0.717) is 21.7 Å². The molecule has 0 saturated carbocycles. The van der Waals surface area contributed by atoms with Gasteiger partial charge >= 0.3 is 5.97 Å². The van der Waals surface area contributed by atoms with Gasteiger partial charge in [0, 0.05) is 5.02 Å². The smallest absolute Gasteiger partial charge is 0.317 e. The molecule has 0 saturated heterocycles. The zero-order chi connectivity index (χ0) is 15.4. The van der Waals surface area contributed by atoms with Gasteiger partial charge < -0.3 is 10.1 Å². The number of carbonyl (C=O) groups is 1. The number of aliphatic carboxylic acids is 1. The standard InChI is InChI=1S/C14H12ClN3O3/c1-2-5-18(8-13(19)20)7-12-16-11-4-3-9(15)6-10(11)14(21)17-12/h1,3-4,6H,5,7-8H2,(H,19,20)(H,16,17,21). The number of terminal acetylenes is 1. The number of carboxylic acid groups (broad SMARTS) is 1. The second-order valence-electron chi connectivity index (χ2n) is 4.42. The summed E-state index contributed by atoms with van der Waals surface area (Å²) in [5.41, 5.74) is 0.169. The third-order valence-corrected chi connectivity index (χ3v) is 3.00. The Kier molecular flexibility index (Phi) is 4.58. The second kappa shape index (κ2) is 6.39. The highest BCUT2D eigenvalue weighted by molar-refractivity contribution is 6.31. The number of nitrogens with one attached hydrogen (secondary N) is 1. The molecule has 0 aliphatic rings. The number of fused-ring (bicyclic) bond motifs is 1. The van der Waals surface area contributed by atoms with Crippen molar-refractivity contribution in [2.75, 3.05) is 13.1 Å². The molecule has 0 spiro atoms. The van der Waals surface area contributed by atoms with Crippen LogP contribution in [0.25, 0.3) is 10.9 Å². The average Bonchev–Trinajstić information content (AvgIpc) is 2.39. The zero-order valence-electron chi connectivity index (χ0n) is 11.0. The van der Waals surface area contributed by atoms with Crippen molar-refractivity contribution >= 4 is 28.5 Å². The number of H-pyrrole nitrogens is 1. The number of hydrogen-bond donors (Lipinski definition) is 2. The molecule has 1 heterocycles. The molecule has 1 aromatic heterocycles. The normalized spacial score (nSPS) is 10.7. The van der Waals surface area contributed by atoms with E-state index in [1.54, 1.807) is 12.1 Å². The van der Waals surface area contributed by atoms with Crippen molar-refractivity contribution in [3.8, 4) is 12.3 Å². The fraction of sp³-hybridized carbons (Fsp3) is 0.214. The quantitative estimate of drug-likeness (QED) is 0.808. The van der Waals surface area contributed by atoms with E-state index in [2.05, 4.69) is 15.9 Å². The molecule has 0 aliphatic heterocycles. The molecule has 6 nitrogen and oxygen atoms in total. The molecule has 0 aliphatic carbocycles. The number of halogens is 1. The highest BCUT2D eigenvalue weighted by Gasteiger charge is 2.12. The van der Waals surface area contributed by atoms with E-state index in [-0.39, 0.29) is 25.2 Å². The summed E-state index contributed by atoms with van der Waals surface area (Å²) in [6.07, 6.45) is 5.20. The Morgan fingerprint density at radius 1 is 1.52 bits per heavy atom. The van der Waals surface area contributed by atoms with Crippen LogP contribution in [0, 0.1) is 12.3 Å². The number of rotatable bonds is 5. The lowest BCUT2D eigenvalue weighted by Gasteiger charge is -2.16. The molecule has 0 amide bonds. The van der Waals surface area contributed by atoms with E-state index < -0.39 is 5.97 Å². The summed E-state index contributed by atoms with van der Waals surface area (Å²) in [5, 5.41) is 9.66. The van der Waals surface area contributed by atoms with Gasteiger partial charge in [-0.05, 0) is 18.2 Å². The van der Waals surface area contributed by atoms with Crippen molar-refractivity contribution in [1.29, 1.82) is 0 Å². The molecule has 1 aromatic carbocycles. The summed E-state index contributed by atoms with van der Waals surface area (Å²) in [5.74, 6) is 1.73. The van der Waals surface area contributed by atoms with Crippen molar-refractivity contribution in [2.24, 2.45) is 0 Å². The van der Waals surface area contributed by atoms with Crippen molar-refractivity contribution in [3.05, 3.63) is 39.4 Å². The molecule has 0 fully saturated rings. The fourth-order valence-electron chi connectivity index (χ4n) is 1.93. The Balaban J connectivity index is 2.34. The molecule has 0 unspecified atom stereocenters. The first kappa shape index (κ1) is 15.0. The van der Waals surface area contributed by atoms with E-state index in [1.807, 2.05) is 0 Å². The molecule has 0 bridgehead atoms. The second-order valence-corrected chi connectivity index (χ2v) is 4.85. The van der Waals surface area contributed by atoms with Gasteiger partial charge in [0.2, 0.25) is 0 Å². The Morgan fingerprint density at radius 2 is 2.29 bits per heavy atom. The molecule has 0 atom stereocenters. The van der Waals surface area contributed by atoms with E-state index in [4.69, 9.17) is 23.1 Å². The molecule has 0 radical (unpaired) electrons. The van der Waals surface area contributed by atoms with Crippen molar-refractivity contribution < 1.29 is 9.90 Å². The fourth-order valence-corrected chi connectivity index (χ4v) is 2.11. The summed E-state index contributed by atoms with van der Waals surface area (Å²) in [6.45, 7) is 0.0610. The summed E-state index contributed by atoms with van der Waals surface area (Å²) >= 11 is 5.84. The van der Waals surface area contributed by atoms with Gasteiger partial charge in [-0.1, -0.05) is 17.5 Å². The third-order valence-electron chi connectivity index (χ3n) is 2.76. The molecule has 2 N–H and O–H groups in total. The van der Waals surface area contributed by atoms with Gasteiger partial charge in [0.25, 0.3) is 5.56 Å². The first-order valence-electron chi connectivity index (χ1n) is 6.05. The minimum Gasteiger partial charge on any atom is -0.480 e. The van der Waals surface area contributed by atoms with Crippen LogP contribution >= 0.6 is 11.6 Å². The van der Waals surface area contributed by atoms with Crippen LogP contribution in [0.3, 0.4) is 0 Å². The van der Waals surface area contributed by atoms with Crippen LogP contribution in [0.1, 0.15) is 5.82 Å². The van der Waals surface area contributed by atoms with E-state index in [0.717, 1.165) is 0 Å². The Bertz CT molecular complexity index is 779. The van der Waals surface area contributed by atoms with Gasteiger partial charge in [0.1, 0.15) is 5.82 Å². The maximum atomic E-state index is 12.0. The SMILES string of the molecule is C#CCN(CC(=O)O)Cc1nc2ccc(Cl)cc2c(=O)[nH]1. The number of aromatic amines is 1. The van der Waals surface area contributed by atoms with Gasteiger partial charge in [0.05, 0.1) is 30.5 Å². The number of benzene rings is 1. The lowest BCUT2D eigenvalue weighted by molar-refractivity contribution is -0.138. The Labute approximate surface area is 125 Å². The predicted octanol–water partition coefficient (Wildman–Crippen LogP) is 1.10. The first-order chi connectivity index (χ1) is 9.99. The van der Waals surface area contributed by atoms with Crippen LogP contribution in [0.4, 0.5) is 0 Å². The van der Waals surface area contributed by atoms with Gasteiger partial charge in [-0.3, -0.25) is 14.5 Å². The molecular formula is C14H12ClN3O3. The average molecular weight is 306 g/mol. The van der Waals surface area contributed by atoms with Crippen LogP contribution in [0.2, 0.25) is 5.02 Å². The summed E-state index contributed by atoms with van der Waals surface area (Å²) < 4.78 is 0. The van der Waals surface area contributed by atoms with Crippen molar-refractivity contribution in [1.82, 2.24) is 14.9 Å². The summed E-state index contributed by atoms with van der Waals surface area (Å²) in [4.78, 5) is 31.1. The maximum Gasteiger partial charge on any atom is 0.317 e. The van der Waals surface area contributed by atoms with Gasteiger partial charge in [-0.25, -0.2) is 4.98 Å². The highest BCUT2D eigenvalue weighted by atomic mass is 35.5. The third kappa shape index (κ3) is 3.81. The van der Waals surface area contributed by atoms with E-state index in [9.17, 15) is 9.59 Å². The topological polar surface area (TPSA) is 86.3 Å². The molecule has 2 rings (SSSR count). The zero-order valence-corrected chi connectivity index (χ0v) is 11.7. The van der Waals surface area contributed by atoms with E-state index in [1.165, 1.54) is 11.0 Å². The van der Waals surface area contributed by atoms with Crippen LogP contribution in [-0.2, 0) is 11.3 Å². The van der Waals surface area contributed by atoms with Crippen LogP contribution in [0.15, 0.2) is 23.0 Å². The van der Waals surface area contributed by atoms with E-state index >= 15 is 0 Å². The van der Waals surface area contributed by atoms with Crippen molar-refractivity contribution in [3.63, 3.8) is 0 Å². The summed E-state index contributed by atoms with van der Waals surface area (Å²) in [6, 6.07) is 4.80. The van der Waals surface area contributed by atoms with Crippen LogP contribution in [-0.4, -0.2) is 39.0 Å². The van der Waals surface area contributed by atoms with Crippen LogP contribution < -0.4 is 5.56 Å². The van der Waals surface area contributed by atoms with Crippen molar-refractivity contribution in [2.45, 2.75) is 6.54 Å². The summed E-state index contributed by atoms with van der Waals surface area (Å²) in [7, 11) is 0.